The summed E-state index contributed by atoms with van der Waals surface area (Å²) in [4.78, 5) is 0. The molecule has 0 aliphatic carbocycles. The highest BCUT2D eigenvalue weighted by atomic mass is 16.3. The summed E-state index contributed by atoms with van der Waals surface area (Å²) in [6.45, 7) is 0. The molecule has 1 heterocycles. The van der Waals surface area contributed by atoms with Crippen LogP contribution < -0.4 is 0 Å². The van der Waals surface area contributed by atoms with Gasteiger partial charge in [0.15, 0.2) is 0 Å². The predicted octanol–water partition coefficient (Wildman–Crippen LogP) is 5.05. The molecule has 0 fully saturated rings. The van der Waals surface area contributed by atoms with Crippen LogP contribution >= 0.6 is 0 Å². The molecule has 0 aliphatic rings. The van der Waals surface area contributed by atoms with Crippen molar-refractivity contribution in [1.82, 2.24) is 0 Å². The summed E-state index contributed by atoms with van der Waals surface area (Å²) in [5.41, 5.74) is 4.08. The molecule has 0 spiro atoms. The summed E-state index contributed by atoms with van der Waals surface area (Å²) in [7, 11) is 0. The minimum atomic E-state index is 0.890. The van der Waals surface area contributed by atoms with Crippen LogP contribution in [0.25, 0.3) is 33.1 Å². The summed E-state index contributed by atoms with van der Waals surface area (Å²) >= 11 is 0. The zero-order valence-electron chi connectivity index (χ0n) is 10.3. The topological polar surface area (TPSA) is 13.1 Å². The molecule has 0 saturated heterocycles. The van der Waals surface area contributed by atoms with Crippen molar-refractivity contribution in [3.8, 4) is 11.1 Å². The molecule has 3 aromatic carbocycles. The Bertz CT molecular complexity index is 857. The average Bonchev–Trinajstić information content (AvgIpc) is 2.86. The van der Waals surface area contributed by atoms with Crippen LogP contribution in [0.1, 0.15) is 0 Å². The van der Waals surface area contributed by atoms with Gasteiger partial charge in [0.05, 0.1) is 0 Å². The Hall–Kier alpha value is -2.54. The van der Waals surface area contributed by atoms with Crippen molar-refractivity contribution in [1.29, 1.82) is 0 Å². The molecule has 19 heavy (non-hydrogen) atoms. The van der Waals surface area contributed by atoms with Gasteiger partial charge in [-0.1, -0.05) is 54.6 Å². The summed E-state index contributed by atoms with van der Waals surface area (Å²) in [5, 5.41) is 2.17. The zero-order chi connectivity index (χ0) is 12.7. The predicted molar refractivity (Wildman–Crippen MR) is 78.0 cm³/mol. The third-order valence-corrected chi connectivity index (χ3v) is 3.37. The monoisotopic (exact) mass is 243 g/mol. The summed E-state index contributed by atoms with van der Waals surface area (Å²) < 4.78 is 5.81. The highest BCUT2D eigenvalue weighted by Crippen LogP contribution is 2.31. The Morgan fingerprint density at radius 1 is 0.684 bits per heavy atom. The lowest BCUT2D eigenvalue weighted by Gasteiger charge is -2.00. The lowest BCUT2D eigenvalue weighted by atomic mass is 10.0. The molecule has 4 aromatic rings. The summed E-state index contributed by atoms with van der Waals surface area (Å²) in [6.07, 6.45) is 0. The van der Waals surface area contributed by atoms with Crippen molar-refractivity contribution in [3.63, 3.8) is 0 Å². The van der Waals surface area contributed by atoms with Crippen molar-refractivity contribution >= 4 is 21.9 Å². The van der Waals surface area contributed by atoms with Crippen LogP contribution in [0.4, 0.5) is 0 Å². The first-order valence-corrected chi connectivity index (χ1v) is 6.31. The molecule has 1 heteroatoms. The van der Waals surface area contributed by atoms with Crippen LogP contribution in [-0.2, 0) is 0 Å². The molecule has 0 saturated carbocycles. The number of hydrogen-bond donors (Lipinski definition) is 0. The van der Waals surface area contributed by atoms with Gasteiger partial charge in [-0.3, -0.25) is 0 Å². The smallest absolute Gasteiger partial charge is 0.136 e. The maximum atomic E-state index is 5.81. The van der Waals surface area contributed by atoms with Gasteiger partial charge in [0.1, 0.15) is 11.2 Å². The van der Waals surface area contributed by atoms with Crippen LogP contribution in [0, 0.1) is 6.07 Å². The molecule has 0 bridgehead atoms. The first kappa shape index (κ1) is 10.4. The van der Waals surface area contributed by atoms with Gasteiger partial charge >= 0.3 is 0 Å². The highest BCUT2D eigenvalue weighted by molar-refractivity contribution is 6.05. The minimum Gasteiger partial charge on any atom is -0.456 e. The second kappa shape index (κ2) is 3.99. The van der Waals surface area contributed by atoms with E-state index in [1.165, 1.54) is 5.56 Å². The summed E-state index contributed by atoms with van der Waals surface area (Å²) in [6, 6.07) is 25.9. The van der Waals surface area contributed by atoms with Crippen molar-refractivity contribution < 1.29 is 4.42 Å². The van der Waals surface area contributed by atoms with Crippen molar-refractivity contribution in [3.05, 3.63) is 72.8 Å². The van der Waals surface area contributed by atoms with Crippen molar-refractivity contribution in [2.45, 2.75) is 0 Å². The van der Waals surface area contributed by atoms with Gasteiger partial charge in [0.25, 0.3) is 0 Å². The van der Waals surface area contributed by atoms with Crippen LogP contribution in [0.15, 0.2) is 71.1 Å². The number of para-hydroxylation sites is 1. The average molecular weight is 243 g/mol. The normalized spacial score (nSPS) is 11.2. The quantitative estimate of drug-likeness (QED) is 0.455. The maximum Gasteiger partial charge on any atom is 0.136 e. The Morgan fingerprint density at radius 3 is 2.37 bits per heavy atom. The lowest BCUT2D eigenvalue weighted by Crippen LogP contribution is -1.77. The molecule has 0 atom stereocenters. The summed E-state index contributed by atoms with van der Waals surface area (Å²) in [5.74, 6) is 0. The van der Waals surface area contributed by atoms with Gasteiger partial charge in [0.2, 0.25) is 0 Å². The van der Waals surface area contributed by atoms with E-state index in [-0.39, 0.29) is 0 Å². The molecule has 1 radical (unpaired) electrons. The second-order valence-electron chi connectivity index (χ2n) is 4.58. The molecule has 0 amide bonds. The fourth-order valence-electron chi connectivity index (χ4n) is 2.43. The van der Waals surface area contributed by atoms with Gasteiger partial charge < -0.3 is 4.42 Å². The van der Waals surface area contributed by atoms with Gasteiger partial charge in [-0.15, -0.1) is 0 Å². The van der Waals surface area contributed by atoms with Gasteiger partial charge in [-0.25, -0.2) is 0 Å². The Kier molecular flexibility index (Phi) is 2.18. The molecule has 1 aromatic heterocycles. The van der Waals surface area contributed by atoms with E-state index in [0.29, 0.717) is 0 Å². The van der Waals surface area contributed by atoms with E-state index in [4.69, 9.17) is 4.42 Å². The number of benzene rings is 3. The van der Waals surface area contributed by atoms with Crippen molar-refractivity contribution in [2.24, 2.45) is 0 Å². The Morgan fingerprint density at radius 2 is 1.47 bits per heavy atom. The second-order valence-corrected chi connectivity index (χ2v) is 4.58. The fourth-order valence-corrected chi connectivity index (χ4v) is 2.43. The molecule has 0 unspecified atom stereocenters. The van der Waals surface area contributed by atoms with E-state index in [0.717, 1.165) is 27.5 Å². The van der Waals surface area contributed by atoms with E-state index in [1.54, 1.807) is 0 Å². The van der Waals surface area contributed by atoms with E-state index >= 15 is 0 Å². The first-order chi connectivity index (χ1) is 9.42. The Labute approximate surface area is 111 Å². The van der Waals surface area contributed by atoms with Crippen molar-refractivity contribution in [2.75, 3.05) is 0 Å². The number of fused-ring (bicyclic) bond motifs is 3. The van der Waals surface area contributed by atoms with E-state index < -0.39 is 0 Å². The molecular formula is C18H11O. The van der Waals surface area contributed by atoms with Gasteiger partial charge in [-0.05, 0) is 23.3 Å². The van der Waals surface area contributed by atoms with E-state index in [1.807, 2.05) is 42.5 Å². The number of rotatable bonds is 1. The molecule has 0 N–H and O–H groups in total. The largest absolute Gasteiger partial charge is 0.456 e. The lowest BCUT2D eigenvalue weighted by molar-refractivity contribution is 0.669. The van der Waals surface area contributed by atoms with Crippen LogP contribution in [0.2, 0.25) is 0 Å². The van der Waals surface area contributed by atoms with Crippen LogP contribution in [-0.4, -0.2) is 0 Å². The van der Waals surface area contributed by atoms with Crippen LogP contribution in [0.3, 0.4) is 0 Å². The van der Waals surface area contributed by atoms with Gasteiger partial charge in [0, 0.05) is 16.8 Å². The zero-order valence-corrected chi connectivity index (χ0v) is 10.3. The van der Waals surface area contributed by atoms with Crippen LogP contribution in [0.5, 0.6) is 0 Å². The minimum absolute atomic E-state index is 0.890. The molecule has 4 rings (SSSR count). The third kappa shape index (κ3) is 1.63. The fraction of sp³-hybridized carbons (Fsp3) is 0. The molecular weight excluding hydrogens is 232 g/mol. The maximum absolute atomic E-state index is 5.81. The SMILES string of the molecule is [c]1c(-c2ccccc2)ccc2oc3ccccc3c12. The molecule has 1 nitrogen and oxygen atoms in total. The van der Waals surface area contributed by atoms with Gasteiger partial charge in [-0.2, -0.15) is 0 Å². The first-order valence-electron chi connectivity index (χ1n) is 6.31. The third-order valence-electron chi connectivity index (χ3n) is 3.37. The highest BCUT2D eigenvalue weighted by Gasteiger charge is 2.07. The van der Waals surface area contributed by atoms with E-state index in [2.05, 4.69) is 30.3 Å². The standard InChI is InChI=1S/C18H11O/c1-2-6-13(7-3-1)14-10-11-18-16(12-14)15-8-4-5-9-17(15)19-18/h1-11H. The molecule has 89 valence electrons. The molecule has 0 aliphatic heterocycles. The Balaban J connectivity index is 2.03. The number of hydrogen-bond acceptors (Lipinski definition) is 1. The van der Waals surface area contributed by atoms with E-state index in [9.17, 15) is 0 Å². The number of furan rings is 1.